The highest BCUT2D eigenvalue weighted by Crippen LogP contribution is 2.47. The van der Waals surface area contributed by atoms with Gasteiger partial charge in [-0.2, -0.15) is 0 Å². The van der Waals surface area contributed by atoms with E-state index in [4.69, 9.17) is 4.74 Å². The normalized spacial score (nSPS) is 16.5. The maximum Gasteiger partial charge on any atom is 0.337 e. The Balaban J connectivity index is 1.71. The molecule has 2 aliphatic rings. The van der Waals surface area contributed by atoms with Crippen LogP contribution in [0.2, 0.25) is 0 Å². The Bertz CT molecular complexity index is 975. The third-order valence-electron chi connectivity index (χ3n) is 5.66. The molecule has 2 aromatic carbocycles. The Labute approximate surface area is 172 Å². The molecule has 0 unspecified atom stereocenters. The zero-order valence-electron chi connectivity index (χ0n) is 16.9. The summed E-state index contributed by atoms with van der Waals surface area (Å²) in [5.74, 6) is 0.945. The molecule has 29 heavy (non-hydrogen) atoms. The fourth-order valence-electron chi connectivity index (χ4n) is 3.68. The number of hydrogen-bond acceptors (Lipinski definition) is 5. The molecule has 6 heteroatoms. The van der Waals surface area contributed by atoms with Crippen LogP contribution < -0.4 is 4.90 Å². The lowest BCUT2D eigenvalue weighted by Crippen LogP contribution is -2.25. The largest absolute Gasteiger partial charge is 0.465 e. The van der Waals surface area contributed by atoms with Gasteiger partial charge in [0.05, 0.1) is 18.4 Å². The van der Waals surface area contributed by atoms with Gasteiger partial charge in [0.15, 0.2) is 0 Å². The van der Waals surface area contributed by atoms with E-state index in [1.165, 1.54) is 50.2 Å². The van der Waals surface area contributed by atoms with Crippen molar-refractivity contribution in [2.24, 2.45) is 0 Å². The first-order chi connectivity index (χ1) is 13.8. The van der Waals surface area contributed by atoms with Crippen molar-refractivity contribution in [3.63, 3.8) is 0 Å². The molecule has 0 amide bonds. The van der Waals surface area contributed by atoms with Crippen LogP contribution in [0.4, 0.5) is 11.4 Å². The van der Waals surface area contributed by atoms with Gasteiger partial charge in [-0.1, -0.05) is 6.07 Å². The van der Waals surface area contributed by atoms with Gasteiger partial charge >= 0.3 is 5.97 Å². The quantitative estimate of drug-likeness (QED) is 0.600. The van der Waals surface area contributed by atoms with E-state index in [2.05, 4.69) is 23.1 Å². The summed E-state index contributed by atoms with van der Waals surface area (Å²) in [6, 6.07) is 13.9. The van der Waals surface area contributed by atoms with Crippen molar-refractivity contribution in [3.05, 3.63) is 59.2 Å². The Morgan fingerprint density at radius 2 is 1.52 bits per heavy atom. The molecule has 2 aromatic rings. The van der Waals surface area contributed by atoms with Crippen LogP contribution in [0.5, 0.6) is 0 Å². The molecule has 0 bridgehead atoms. The summed E-state index contributed by atoms with van der Waals surface area (Å²) in [6.07, 6.45) is 6.17. The maximum absolute atomic E-state index is 11.9. The highest BCUT2D eigenvalue weighted by Gasteiger charge is 2.29. The van der Waals surface area contributed by atoms with E-state index < -0.39 is 9.84 Å². The number of esters is 1. The van der Waals surface area contributed by atoms with Gasteiger partial charge in [0.2, 0.25) is 0 Å². The van der Waals surface area contributed by atoms with E-state index in [9.17, 15) is 13.2 Å². The zero-order valence-corrected chi connectivity index (χ0v) is 17.7. The van der Waals surface area contributed by atoms with Crippen LogP contribution in [-0.4, -0.2) is 40.1 Å². The van der Waals surface area contributed by atoms with Crippen LogP contribution in [0.25, 0.3) is 0 Å². The van der Waals surface area contributed by atoms with Crippen LogP contribution in [0.15, 0.2) is 42.5 Å². The number of nitrogens with zero attached hydrogens (tertiary/aromatic N) is 1. The lowest BCUT2D eigenvalue weighted by molar-refractivity contribution is 0.0600. The SMILES string of the molecule is COC(=O)c1ccc(N(CCS(C)(=O)=O)c2cc(C3CC3)cc(C3CC3)c2)cc1. The number of benzene rings is 2. The molecule has 0 heterocycles. The first-order valence-corrected chi connectivity index (χ1v) is 12.2. The smallest absolute Gasteiger partial charge is 0.337 e. The summed E-state index contributed by atoms with van der Waals surface area (Å²) >= 11 is 0. The van der Waals surface area contributed by atoms with Gasteiger partial charge in [-0.15, -0.1) is 0 Å². The first-order valence-electron chi connectivity index (χ1n) is 10.1. The minimum absolute atomic E-state index is 0.0676. The molecule has 0 N–H and O–H groups in total. The molecular formula is C23H27NO4S. The van der Waals surface area contributed by atoms with Crippen LogP contribution in [0.3, 0.4) is 0 Å². The zero-order chi connectivity index (χ0) is 20.6. The average molecular weight is 414 g/mol. The molecule has 2 fully saturated rings. The fraction of sp³-hybridized carbons (Fsp3) is 0.435. The maximum atomic E-state index is 11.9. The summed E-state index contributed by atoms with van der Waals surface area (Å²) in [7, 11) is -1.75. The Morgan fingerprint density at radius 3 is 1.97 bits per heavy atom. The lowest BCUT2D eigenvalue weighted by Gasteiger charge is -2.26. The number of ether oxygens (including phenoxy) is 1. The van der Waals surface area contributed by atoms with Crippen LogP contribution >= 0.6 is 0 Å². The topological polar surface area (TPSA) is 63.7 Å². The minimum atomic E-state index is -3.10. The molecule has 0 saturated heterocycles. The van der Waals surface area contributed by atoms with E-state index in [1.54, 1.807) is 12.1 Å². The van der Waals surface area contributed by atoms with Crippen molar-refractivity contribution in [3.8, 4) is 0 Å². The summed E-state index contributed by atoms with van der Waals surface area (Å²) in [5, 5.41) is 0. The third-order valence-corrected chi connectivity index (χ3v) is 6.58. The van der Waals surface area contributed by atoms with Crippen LogP contribution in [0, 0.1) is 0 Å². The average Bonchev–Trinajstić information content (AvgIpc) is 3.58. The number of rotatable bonds is 8. The molecule has 154 valence electrons. The van der Waals surface area contributed by atoms with Gasteiger partial charge in [0, 0.05) is 24.2 Å². The van der Waals surface area contributed by atoms with E-state index in [0.29, 0.717) is 23.9 Å². The highest BCUT2D eigenvalue weighted by molar-refractivity contribution is 7.90. The van der Waals surface area contributed by atoms with E-state index in [-0.39, 0.29) is 11.7 Å². The molecule has 0 aliphatic heterocycles. The molecule has 2 aliphatic carbocycles. The summed E-state index contributed by atoms with van der Waals surface area (Å²) in [6.45, 7) is 0.370. The third kappa shape index (κ3) is 4.99. The first kappa shape index (κ1) is 20.0. The monoisotopic (exact) mass is 413 g/mol. The van der Waals surface area contributed by atoms with Crippen LogP contribution in [0.1, 0.15) is 59.0 Å². The van der Waals surface area contributed by atoms with E-state index in [0.717, 1.165) is 11.4 Å². The van der Waals surface area contributed by atoms with Gasteiger partial charge < -0.3 is 9.64 Å². The standard InChI is InChI=1S/C23H27NO4S/c1-28-23(25)18-7-9-21(10-8-18)24(11-12-29(2,26)27)22-14-19(16-3-4-16)13-20(15-22)17-5-6-17/h7-10,13-17H,3-6,11-12H2,1-2H3. The number of carbonyl (C=O) groups is 1. The van der Waals surface area contributed by atoms with Crippen molar-refractivity contribution in [1.29, 1.82) is 0 Å². The molecule has 4 rings (SSSR count). The number of hydrogen-bond donors (Lipinski definition) is 0. The van der Waals surface area contributed by atoms with Gasteiger partial charge in [0.1, 0.15) is 9.84 Å². The van der Waals surface area contributed by atoms with Gasteiger partial charge in [-0.05, 0) is 85.0 Å². The van der Waals surface area contributed by atoms with Crippen molar-refractivity contribution in [2.75, 3.05) is 30.6 Å². The second kappa shape index (κ2) is 7.82. The number of anilines is 2. The van der Waals surface area contributed by atoms with Gasteiger partial charge in [-0.3, -0.25) is 0 Å². The Morgan fingerprint density at radius 1 is 0.966 bits per heavy atom. The second-order valence-corrected chi connectivity index (χ2v) is 10.5. The fourth-order valence-corrected chi connectivity index (χ4v) is 4.19. The Hall–Kier alpha value is -2.34. The summed E-state index contributed by atoms with van der Waals surface area (Å²) < 4.78 is 28.5. The molecule has 2 saturated carbocycles. The summed E-state index contributed by atoms with van der Waals surface area (Å²) in [5.41, 5.74) is 5.10. The number of carbonyl (C=O) groups excluding carboxylic acids is 1. The highest BCUT2D eigenvalue weighted by atomic mass is 32.2. The number of sulfone groups is 1. The van der Waals surface area contributed by atoms with Crippen molar-refractivity contribution >= 4 is 27.2 Å². The molecular weight excluding hydrogens is 386 g/mol. The predicted octanol–water partition coefficient (Wildman–Crippen LogP) is 4.41. The Kier molecular flexibility index (Phi) is 5.38. The molecule has 0 radical (unpaired) electrons. The second-order valence-electron chi connectivity index (χ2n) is 8.23. The van der Waals surface area contributed by atoms with Crippen LogP contribution in [-0.2, 0) is 14.6 Å². The molecule has 0 aromatic heterocycles. The van der Waals surface area contributed by atoms with E-state index >= 15 is 0 Å². The van der Waals surface area contributed by atoms with Crippen molar-refractivity contribution < 1.29 is 17.9 Å². The molecule has 0 atom stereocenters. The predicted molar refractivity (Wildman–Crippen MR) is 115 cm³/mol. The van der Waals surface area contributed by atoms with E-state index in [1.807, 2.05) is 12.1 Å². The summed E-state index contributed by atoms with van der Waals surface area (Å²) in [4.78, 5) is 13.8. The van der Waals surface area contributed by atoms with Crippen molar-refractivity contribution in [1.82, 2.24) is 0 Å². The molecule has 0 spiro atoms. The van der Waals surface area contributed by atoms with Gasteiger partial charge in [0.25, 0.3) is 0 Å². The van der Waals surface area contributed by atoms with Crippen molar-refractivity contribution in [2.45, 2.75) is 37.5 Å². The lowest BCUT2D eigenvalue weighted by atomic mass is 10.0. The molecule has 5 nitrogen and oxygen atoms in total. The number of methoxy groups -OCH3 is 1. The minimum Gasteiger partial charge on any atom is -0.465 e. The van der Waals surface area contributed by atoms with Gasteiger partial charge in [-0.25, -0.2) is 13.2 Å².